The Morgan fingerprint density at radius 3 is 2.94 bits per heavy atom. The zero-order valence-corrected chi connectivity index (χ0v) is 9.51. The molecule has 2 saturated heterocycles. The van der Waals surface area contributed by atoms with Crippen molar-refractivity contribution < 1.29 is 9.59 Å². The highest BCUT2D eigenvalue weighted by atomic mass is 16.2. The number of nitrogens with one attached hydrogen (secondary N) is 3. The van der Waals surface area contributed by atoms with Crippen molar-refractivity contribution in [1.82, 2.24) is 20.9 Å². The van der Waals surface area contributed by atoms with Crippen LogP contribution in [0.25, 0.3) is 0 Å². The number of rotatable bonds is 0. The van der Waals surface area contributed by atoms with E-state index in [2.05, 4.69) is 16.0 Å². The van der Waals surface area contributed by atoms with E-state index < -0.39 is 0 Å². The Kier molecular flexibility index (Phi) is 3.00. The van der Waals surface area contributed by atoms with Crippen molar-refractivity contribution in [3.8, 4) is 0 Å². The van der Waals surface area contributed by atoms with Crippen LogP contribution >= 0.6 is 0 Å². The van der Waals surface area contributed by atoms with Crippen LogP contribution in [0.1, 0.15) is 6.42 Å². The van der Waals surface area contributed by atoms with Crippen LogP contribution in [0.3, 0.4) is 0 Å². The molecule has 3 amide bonds. The Morgan fingerprint density at radius 2 is 2.31 bits per heavy atom. The van der Waals surface area contributed by atoms with Crippen LogP contribution in [-0.2, 0) is 4.79 Å². The number of carbonyl (C=O) groups is 2. The van der Waals surface area contributed by atoms with Crippen LogP contribution in [-0.4, -0.2) is 56.6 Å². The lowest BCUT2D eigenvalue weighted by Crippen LogP contribution is -2.46. The number of urea groups is 1. The first-order valence-corrected chi connectivity index (χ1v) is 5.59. The maximum atomic E-state index is 11.6. The van der Waals surface area contributed by atoms with Crippen molar-refractivity contribution >= 4 is 11.9 Å². The monoisotopic (exact) mass is 226 g/mol. The maximum absolute atomic E-state index is 11.6. The van der Waals surface area contributed by atoms with Crippen LogP contribution in [0, 0.1) is 5.41 Å². The lowest BCUT2D eigenvalue weighted by atomic mass is 9.86. The summed E-state index contributed by atoms with van der Waals surface area (Å²) in [7, 11) is 1.63. The molecule has 90 valence electrons. The van der Waals surface area contributed by atoms with Gasteiger partial charge in [-0.3, -0.25) is 4.79 Å². The summed E-state index contributed by atoms with van der Waals surface area (Å²) in [6.07, 6.45) is 0.507. The molecule has 16 heavy (non-hydrogen) atoms. The quantitative estimate of drug-likeness (QED) is 0.482. The minimum atomic E-state index is -0.125. The van der Waals surface area contributed by atoms with Crippen molar-refractivity contribution in [3.63, 3.8) is 0 Å². The fraction of sp³-hybridized carbons (Fsp3) is 0.800. The summed E-state index contributed by atoms with van der Waals surface area (Å²) in [5.41, 5.74) is -0.125. The van der Waals surface area contributed by atoms with Gasteiger partial charge in [-0.25, -0.2) is 4.79 Å². The van der Waals surface area contributed by atoms with Gasteiger partial charge in [0, 0.05) is 51.6 Å². The van der Waals surface area contributed by atoms with Gasteiger partial charge in [0.15, 0.2) is 0 Å². The Balaban J connectivity index is 2.09. The SMILES string of the molecule is CNC(=O)N1CCNC[C@@]2(CNC(=O)C2)C1. The van der Waals surface area contributed by atoms with Crippen LogP contribution < -0.4 is 16.0 Å². The smallest absolute Gasteiger partial charge is 0.317 e. The summed E-state index contributed by atoms with van der Waals surface area (Å²) in [6, 6.07) is -0.0672. The van der Waals surface area contributed by atoms with E-state index in [1.54, 1.807) is 11.9 Å². The van der Waals surface area contributed by atoms with E-state index in [4.69, 9.17) is 0 Å². The zero-order valence-electron chi connectivity index (χ0n) is 9.51. The van der Waals surface area contributed by atoms with E-state index in [9.17, 15) is 9.59 Å². The molecule has 6 nitrogen and oxygen atoms in total. The van der Waals surface area contributed by atoms with Gasteiger partial charge in [-0.15, -0.1) is 0 Å². The van der Waals surface area contributed by atoms with Crippen molar-refractivity contribution in [1.29, 1.82) is 0 Å². The highest BCUT2D eigenvalue weighted by Crippen LogP contribution is 2.27. The lowest BCUT2D eigenvalue weighted by molar-refractivity contribution is -0.119. The second-order valence-corrected chi connectivity index (χ2v) is 4.61. The topological polar surface area (TPSA) is 73.5 Å². The summed E-state index contributed by atoms with van der Waals surface area (Å²) in [5.74, 6) is 0.0838. The molecule has 2 rings (SSSR count). The van der Waals surface area contributed by atoms with E-state index in [-0.39, 0.29) is 17.4 Å². The minimum Gasteiger partial charge on any atom is -0.355 e. The molecule has 0 unspecified atom stereocenters. The van der Waals surface area contributed by atoms with E-state index in [0.717, 1.165) is 13.1 Å². The molecule has 1 spiro atoms. The van der Waals surface area contributed by atoms with Crippen molar-refractivity contribution in [2.45, 2.75) is 6.42 Å². The largest absolute Gasteiger partial charge is 0.355 e. The van der Waals surface area contributed by atoms with Crippen molar-refractivity contribution in [2.24, 2.45) is 5.41 Å². The molecule has 0 radical (unpaired) electrons. The third-order valence-electron chi connectivity index (χ3n) is 3.28. The molecule has 0 aliphatic carbocycles. The predicted octanol–water partition coefficient (Wildman–Crippen LogP) is -1.26. The van der Waals surface area contributed by atoms with Gasteiger partial charge >= 0.3 is 6.03 Å². The first-order chi connectivity index (χ1) is 7.65. The molecule has 1 atom stereocenters. The fourth-order valence-corrected chi connectivity index (χ4v) is 2.43. The highest BCUT2D eigenvalue weighted by molar-refractivity contribution is 5.80. The molecule has 3 N–H and O–H groups in total. The van der Waals surface area contributed by atoms with Crippen LogP contribution in [0.2, 0.25) is 0 Å². The van der Waals surface area contributed by atoms with Crippen molar-refractivity contribution in [3.05, 3.63) is 0 Å². The summed E-state index contributed by atoms with van der Waals surface area (Å²) in [4.78, 5) is 24.7. The van der Waals surface area contributed by atoms with E-state index in [1.165, 1.54) is 0 Å². The Bertz CT molecular complexity index is 307. The Hall–Kier alpha value is -1.30. The normalized spacial score (nSPS) is 30.1. The molecular weight excluding hydrogens is 208 g/mol. The molecule has 0 aromatic heterocycles. The van der Waals surface area contributed by atoms with Gasteiger partial charge in [-0.1, -0.05) is 0 Å². The third-order valence-corrected chi connectivity index (χ3v) is 3.28. The highest BCUT2D eigenvalue weighted by Gasteiger charge is 2.41. The molecule has 2 heterocycles. The van der Waals surface area contributed by atoms with Gasteiger partial charge in [0.25, 0.3) is 0 Å². The van der Waals surface area contributed by atoms with Gasteiger partial charge in [-0.2, -0.15) is 0 Å². The van der Waals surface area contributed by atoms with Gasteiger partial charge in [0.1, 0.15) is 0 Å². The average Bonchev–Trinajstić information content (AvgIpc) is 2.50. The lowest BCUT2D eigenvalue weighted by Gasteiger charge is -2.30. The Labute approximate surface area is 94.7 Å². The van der Waals surface area contributed by atoms with E-state index >= 15 is 0 Å². The van der Waals surface area contributed by atoms with Gasteiger partial charge in [-0.05, 0) is 0 Å². The number of nitrogens with zero attached hydrogens (tertiary/aromatic N) is 1. The molecule has 0 saturated carbocycles. The number of hydrogen-bond acceptors (Lipinski definition) is 3. The standard InChI is InChI=1S/C10H18N4O2/c1-11-9(16)14-3-2-12-5-10(7-14)4-8(15)13-6-10/h12H,2-7H2,1H3,(H,11,16)(H,13,15)/t10-/m0/s1. The first-order valence-electron chi connectivity index (χ1n) is 5.59. The molecule has 0 bridgehead atoms. The summed E-state index contributed by atoms with van der Waals surface area (Å²) in [5, 5.41) is 8.78. The zero-order chi connectivity index (χ0) is 11.6. The summed E-state index contributed by atoms with van der Waals surface area (Å²) in [6.45, 7) is 3.56. The molecule has 2 fully saturated rings. The van der Waals surface area contributed by atoms with Crippen LogP contribution in [0.15, 0.2) is 0 Å². The maximum Gasteiger partial charge on any atom is 0.317 e. The fourth-order valence-electron chi connectivity index (χ4n) is 2.43. The second-order valence-electron chi connectivity index (χ2n) is 4.61. The molecule has 2 aliphatic heterocycles. The number of hydrogen-bond donors (Lipinski definition) is 3. The third kappa shape index (κ3) is 2.11. The molecule has 2 aliphatic rings. The molecule has 6 heteroatoms. The molecular formula is C10H18N4O2. The Morgan fingerprint density at radius 1 is 1.50 bits per heavy atom. The van der Waals surface area contributed by atoms with Crippen LogP contribution in [0.5, 0.6) is 0 Å². The summed E-state index contributed by atoms with van der Waals surface area (Å²) >= 11 is 0. The summed E-state index contributed by atoms with van der Waals surface area (Å²) < 4.78 is 0. The number of amides is 3. The molecule has 0 aromatic carbocycles. The van der Waals surface area contributed by atoms with E-state index in [0.29, 0.717) is 26.1 Å². The van der Waals surface area contributed by atoms with Crippen LogP contribution in [0.4, 0.5) is 4.79 Å². The van der Waals surface area contributed by atoms with Gasteiger partial charge < -0.3 is 20.9 Å². The second kappa shape index (κ2) is 4.29. The average molecular weight is 226 g/mol. The van der Waals surface area contributed by atoms with Gasteiger partial charge in [0.2, 0.25) is 5.91 Å². The first kappa shape index (κ1) is 11.2. The minimum absolute atomic E-state index is 0.0672. The van der Waals surface area contributed by atoms with E-state index in [1.807, 2.05) is 0 Å². The predicted molar refractivity (Wildman–Crippen MR) is 59.0 cm³/mol. The molecule has 0 aromatic rings. The number of carbonyl (C=O) groups excluding carboxylic acids is 2. The van der Waals surface area contributed by atoms with Crippen molar-refractivity contribution in [2.75, 3.05) is 39.8 Å². The van der Waals surface area contributed by atoms with Gasteiger partial charge in [0.05, 0.1) is 0 Å².